The van der Waals surface area contributed by atoms with Gasteiger partial charge in [-0.3, -0.25) is 28.8 Å². The number of carbonyl (C=O) groups excluding carboxylic acids is 2. The van der Waals surface area contributed by atoms with E-state index in [1.807, 2.05) is 60.7 Å². The molecule has 0 bridgehead atoms. The molecule has 0 saturated heterocycles. The van der Waals surface area contributed by atoms with E-state index < -0.39 is 23.8 Å². The number of ketones is 1. The first kappa shape index (κ1) is 25.2. The summed E-state index contributed by atoms with van der Waals surface area (Å²) in [6.45, 7) is 1.14. The van der Waals surface area contributed by atoms with E-state index in [2.05, 4.69) is 4.98 Å². The van der Waals surface area contributed by atoms with Gasteiger partial charge in [0.1, 0.15) is 11.6 Å². The summed E-state index contributed by atoms with van der Waals surface area (Å²) in [4.78, 5) is 54.2. The summed E-state index contributed by atoms with van der Waals surface area (Å²) in [6, 6.07) is 24.7. The smallest absolute Gasteiger partial charge is 0.330 e. The van der Waals surface area contributed by atoms with Gasteiger partial charge in [0.25, 0.3) is 11.5 Å². The summed E-state index contributed by atoms with van der Waals surface area (Å²) < 4.78 is 6.88. The topological polar surface area (TPSA) is 127 Å². The number of nitrogen functional groups attached to an aromatic ring is 1. The van der Waals surface area contributed by atoms with E-state index in [1.165, 1.54) is 16.4 Å². The molecule has 0 aliphatic rings. The molecule has 1 heterocycles. The van der Waals surface area contributed by atoms with Crippen LogP contribution in [0.15, 0.2) is 94.5 Å². The van der Waals surface area contributed by atoms with Crippen LogP contribution in [-0.4, -0.2) is 27.8 Å². The summed E-state index contributed by atoms with van der Waals surface area (Å²) >= 11 is 0. The molecule has 0 spiro atoms. The first-order valence-corrected chi connectivity index (χ1v) is 11.6. The van der Waals surface area contributed by atoms with Crippen LogP contribution in [0.1, 0.15) is 28.4 Å². The molecule has 37 heavy (non-hydrogen) atoms. The third-order valence-electron chi connectivity index (χ3n) is 5.75. The minimum Gasteiger partial charge on any atom is -0.484 e. The second-order valence-corrected chi connectivity index (χ2v) is 8.40. The van der Waals surface area contributed by atoms with Crippen molar-refractivity contribution in [3.63, 3.8) is 0 Å². The predicted octanol–water partition coefficient (Wildman–Crippen LogP) is 2.98. The first-order valence-electron chi connectivity index (χ1n) is 11.6. The van der Waals surface area contributed by atoms with Gasteiger partial charge in [-0.15, -0.1) is 0 Å². The molecule has 1 amide bonds. The Morgan fingerprint density at radius 3 is 2.22 bits per heavy atom. The van der Waals surface area contributed by atoms with Crippen molar-refractivity contribution in [3.8, 4) is 5.75 Å². The molecule has 0 fully saturated rings. The quantitative estimate of drug-likeness (QED) is 0.342. The number of nitrogens with zero attached hydrogens (tertiary/aromatic N) is 2. The zero-order chi connectivity index (χ0) is 26.4. The van der Waals surface area contributed by atoms with Gasteiger partial charge < -0.3 is 10.5 Å². The lowest BCUT2D eigenvalue weighted by molar-refractivity contribution is -0.120. The van der Waals surface area contributed by atoms with Crippen LogP contribution in [0, 0.1) is 0 Å². The summed E-state index contributed by atoms with van der Waals surface area (Å²) in [7, 11) is 0. The zero-order valence-corrected chi connectivity index (χ0v) is 20.2. The highest BCUT2D eigenvalue weighted by molar-refractivity contribution is 5.97. The number of rotatable bonds is 9. The van der Waals surface area contributed by atoms with Crippen LogP contribution < -0.4 is 26.6 Å². The number of H-pyrrole nitrogens is 1. The highest BCUT2D eigenvalue weighted by Gasteiger charge is 2.25. The van der Waals surface area contributed by atoms with Gasteiger partial charge >= 0.3 is 5.69 Å². The maximum Gasteiger partial charge on any atom is 0.330 e. The van der Waals surface area contributed by atoms with Gasteiger partial charge in [-0.05, 0) is 30.2 Å². The van der Waals surface area contributed by atoms with Gasteiger partial charge in [-0.1, -0.05) is 72.8 Å². The van der Waals surface area contributed by atoms with Crippen LogP contribution in [0.25, 0.3) is 0 Å². The molecule has 1 aromatic heterocycles. The van der Waals surface area contributed by atoms with E-state index in [1.54, 1.807) is 24.3 Å². The third-order valence-corrected chi connectivity index (χ3v) is 5.75. The largest absolute Gasteiger partial charge is 0.484 e. The van der Waals surface area contributed by atoms with E-state index in [0.717, 1.165) is 11.1 Å². The molecule has 9 nitrogen and oxygen atoms in total. The Morgan fingerprint density at radius 1 is 0.919 bits per heavy atom. The van der Waals surface area contributed by atoms with Gasteiger partial charge in [0.15, 0.2) is 18.1 Å². The number of hydrogen-bond donors (Lipinski definition) is 2. The molecular formula is C28H26N4O5. The van der Waals surface area contributed by atoms with E-state index in [9.17, 15) is 19.2 Å². The van der Waals surface area contributed by atoms with Crippen LogP contribution >= 0.6 is 0 Å². The summed E-state index contributed by atoms with van der Waals surface area (Å²) in [5.41, 5.74) is 6.73. The normalized spacial score (nSPS) is 10.6. The third kappa shape index (κ3) is 6.02. The number of hydrogen-bond acceptors (Lipinski definition) is 6. The van der Waals surface area contributed by atoms with Crippen LogP contribution in [-0.2, 0) is 17.9 Å². The highest BCUT2D eigenvalue weighted by atomic mass is 16.5. The lowest BCUT2D eigenvalue weighted by Gasteiger charge is -2.25. The fourth-order valence-electron chi connectivity index (χ4n) is 3.85. The van der Waals surface area contributed by atoms with Crippen molar-refractivity contribution >= 4 is 23.2 Å². The Morgan fingerprint density at radius 2 is 1.57 bits per heavy atom. The first-order chi connectivity index (χ1) is 17.8. The molecule has 4 aromatic rings. The molecule has 0 atom stereocenters. The Kier molecular flexibility index (Phi) is 7.63. The second kappa shape index (κ2) is 11.2. The SMILES string of the molecule is CC(=O)c1cccc(OCC(=O)N(Cc2ccccc2)c2c(N)n(Cc3ccccc3)c(=O)[nH]c2=O)c1. The van der Waals surface area contributed by atoms with Crippen molar-refractivity contribution in [1.29, 1.82) is 0 Å². The maximum absolute atomic E-state index is 13.4. The average Bonchev–Trinajstić information content (AvgIpc) is 2.90. The van der Waals surface area contributed by atoms with E-state index >= 15 is 0 Å². The predicted molar refractivity (Wildman–Crippen MR) is 141 cm³/mol. The van der Waals surface area contributed by atoms with Crippen molar-refractivity contribution in [3.05, 3.63) is 122 Å². The molecule has 9 heteroatoms. The molecule has 188 valence electrons. The highest BCUT2D eigenvalue weighted by Crippen LogP contribution is 2.21. The number of benzene rings is 3. The Balaban J connectivity index is 1.70. The molecule has 0 aliphatic carbocycles. The fraction of sp³-hybridized carbons (Fsp3) is 0.143. The van der Waals surface area contributed by atoms with Crippen molar-refractivity contribution < 1.29 is 14.3 Å². The zero-order valence-electron chi connectivity index (χ0n) is 20.2. The number of aromatic amines is 1. The number of Topliss-reactive ketones (excluding diaryl/α,β-unsaturated/α-hetero) is 1. The Hall–Kier alpha value is -4.92. The monoisotopic (exact) mass is 498 g/mol. The van der Waals surface area contributed by atoms with Crippen LogP contribution in [0.4, 0.5) is 11.5 Å². The molecule has 3 aromatic carbocycles. The molecule has 0 radical (unpaired) electrons. The number of nitrogens with two attached hydrogens (primary N) is 1. The van der Waals surface area contributed by atoms with Gasteiger partial charge in [0.2, 0.25) is 0 Å². The number of nitrogens with one attached hydrogen (secondary N) is 1. The molecular weight excluding hydrogens is 472 g/mol. The van der Waals surface area contributed by atoms with E-state index in [0.29, 0.717) is 11.3 Å². The minimum absolute atomic E-state index is 0.0212. The number of ether oxygens (including phenoxy) is 1. The Labute approximate surface area is 212 Å². The second-order valence-electron chi connectivity index (χ2n) is 8.40. The summed E-state index contributed by atoms with van der Waals surface area (Å²) in [6.07, 6.45) is 0. The molecule has 0 saturated carbocycles. The fourth-order valence-corrected chi connectivity index (χ4v) is 3.85. The molecule has 0 unspecified atom stereocenters. The molecule has 0 aliphatic heterocycles. The van der Waals surface area contributed by atoms with Crippen molar-refractivity contribution in [1.82, 2.24) is 9.55 Å². The molecule has 4 rings (SSSR count). The standard InChI is InChI=1S/C28H26N4O5/c1-19(33)22-13-8-14-23(15-22)37-18-24(34)31(16-20-9-4-2-5-10-20)25-26(29)32(28(36)30-27(25)35)17-21-11-6-3-7-12-21/h2-15H,16-18,29H2,1H3,(H,30,35,36). The van der Waals surface area contributed by atoms with Gasteiger partial charge in [0.05, 0.1) is 13.1 Å². The minimum atomic E-state index is -0.783. The van der Waals surface area contributed by atoms with E-state index in [-0.39, 0.29) is 30.4 Å². The van der Waals surface area contributed by atoms with Crippen LogP contribution in [0.2, 0.25) is 0 Å². The number of anilines is 2. The number of aromatic nitrogens is 2. The van der Waals surface area contributed by atoms with Gasteiger partial charge in [0, 0.05) is 5.56 Å². The van der Waals surface area contributed by atoms with Gasteiger partial charge in [-0.25, -0.2) is 4.79 Å². The van der Waals surface area contributed by atoms with Crippen molar-refractivity contribution in [2.45, 2.75) is 20.0 Å². The van der Waals surface area contributed by atoms with Crippen molar-refractivity contribution in [2.75, 3.05) is 17.2 Å². The molecule has 3 N–H and O–H groups in total. The Bertz CT molecular complexity index is 1530. The summed E-state index contributed by atoms with van der Waals surface area (Å²) in [5.74, 6) is -0.501. The lowest BCUT2D eigenvalue weighted by atomic mass is 10.1. The number of amides is 1. The maximum atomic E-state index is 13.4. The van der Waals surface area contributed by atoms with Gasteiger partial charge in [-0.2, -0.15) is 0 Å². The van der Waals surface area contributed by atoms with Crippen LogP contribution in [0.5, 0.6) is 5.75 Å². The number of carbonyl (C=O) groups is 2. The summed E-state index contributed by atoms with van der Waals surface area (Å²) in [5, 5.41) is 0. The average molecular weight is 499 g/mol. The van der Waals surface area contributed by atoms with E-state index in [4.69, 9.17) is 10.5 Å². The van der Waals surface area contributed by atoms with Crippen LogP contribution in [0.3, 0.4) is 0 Å². The van der Waals surface area contributed by atoms with Crippen molar-refractivity contribution in [2.24, 2.45) is 0 Å². The lowest BCUT2D eigenvalue weighted by Crippen LogP contribution is -2.42.